The first-order chi connectivity index (χ1) is 56.9. The highest BCUT2D eigenvalue weighted by atomic mass is 19.4. The topological polar surface area (TPSA) is 275 Å². The van der Waals surface area contributed by atoms with E-state index in [9.17, 15) is 68.3 Å². The Hall–Kier alpha value is -13.1. The molecule has 3 atom stereocenters. The molecule has 0 aromatic heterocycles. The highest BCUT2D eigenvalue weighted by molar-refractivity contribution is 6.45. The number of rotatable bonds is 34. The van der Waals surface area contributed by atoms with Crippen LogP contribution in [0.4, 0.5) is 39.5 Å². The molecule has 121 heavy (non-hydrogen) atoms. The summed E-state index contributed by atoms with van der Waals surface area (Å²) in [5.41, 5.74) is 0.743. The molecule has 9 aromatic rings. The maximum Gasteiger partial charge on any atom is 0.417 e. The van der Waals surface area contributed by atoms with Gasteiger partial charge in [0.25, 0.3) is 23.6 Å². The Balaban J connectivity index is 1.30. The van der Waals surface area contributed by atoms with Gasteiger partial charge in [-0.1, -0.05) is 103 Å². The van der Waals surface area contributed by atoms with Gasteiger partial charge in [-0.3, -0.25) is 38.6 Å². The van der Waals surface area contributed by atoms with Crippen molar-refractivity contribution in [1.29, 1.82) is 0 Å². The number of halogens is 9. The number of ether oxygens (including phenoxy) is 8. The summed E-state index contributed by atoms with van der Waals surface area (Å²) in [5, 5.41) is 1.25. The Labute approximate surface area is 687 Å². The fourth-order valence-corrected chi connectivity index (χ4v) is 13.9. The SMILES string of the molecule is C=C(C)C(=O)OCCc1ccc(Oc2cc3c4c(cc(Oc5ccc(CCOC(=O)C(=C)C)cc5)c5c6c(Oc7ccc(CCOC(=O)C(=C)C)cc7)cc7c8c(cc(Oc9ccc(CCOC(=O)C(=C)C)cc9)c(c2c45)c86)C(=O)N(C(CC(C)C)C(=O)NC(C(F)(F)F)C(F)(F)F)C7=O)C(=O)N(C(CC(C)C)C(=O)NC(C)C(F)(F)F)C3=O)cc1. The van der Waals surface area contributed by atoms with Crippen LogP contribution in [0.2, 0.25) is 0 Å². The van der Waals surface area contributed by atoms with Crippen molar-refractivity contribution in [1.82, 2.24) is 20.4 Å². The molecule has 2 N–H and O–H groups in total. The Morgan fingerprint density at radius 1 is 0.347 bits per heavy atom. The third-order valence-electron chi connectivity index (χ3n) is 19.9. The van der Waals surface area contributed by atoms with Crippen molar-refractivity contribution in [2.45, 2.75) is 144 Å². The smallest absolute Gasteiger partial charge is 0.417 e. The van der Waals surface area contributed by atoms with Gasteiger partial charge in [-0.05, 0) is 154 Å². The van der Waals surface area contributed by atoms with Gasteiger partial charge in [0.2, 0.25) is 17.9 Å². The van der Waals surface area contributed by atoms with E-state index >= 15 is 19.2 Å². The minimum absolute atomic E-state index is 0.0285. The number of amides is 6. The van der Waals surface area contributed by atoms with Crippen LogP contribution in [0.3, 0.4) is 0 Å². The van der Waals surface area contributed by atoms with Crippen molar-refractivity contribution in [3.05, 3.63) is 214 Å². The first-order valence-electron chi connectivity index (χ1n) is 38.2. The molecule has 0 spiro atoms. The van der Waals surface area contributed by atoms with Crippen molar-refractivity contribution in [3.63, 3.8) is 0 Å². The summed E-state index contributed by atoms with van der Waals surface area (Å²) < 4.78 is 181. The van der Waals surface area contributed by atoms with Gasteiger partial charge in [-0.25, -0.2) is 19.2 Å². The summed E-state index contributed by atoms with van der Waals surface area (Å²) in [7, 11) is 0. The molecule has 2 aliphatic heterocycles. The van der Waals surface area contributed by atoms with Crippen molar-refractivity contribution in [2.24, 2.45) is 11.8 Å². The largest absolute Gasteiger partial charge is 0.462 e. The monoisotopic (exact) mass is 1680 g/mol. The number of fused-ring (bicyclic) bond motifs is 2. The van der Waals surface area contributed by atoms with E-state index in [1.54, 1.807) is 62.4 Å². The molecule has 6 amide bonds. The van der Waals surface area contributed by atoms with Gasteiger partial charge in [0.1, 0.15) is 64.1 Å². The Morgan fingerprint density at radius 3 is 0.785 bits per heavy atom. The maximum absolute atomic E-state index is 16.3. The second-order valence-electron chi connectivity index (χ2n) is 30.4. The molecule has 3 unspecified atom stereocenters. The van der Waals surface area contributed by atoms with E-state index in [4.69, 9.17) is 37.9 Å². The van der Waals surface area contributed by atoms with Gasteiger partial charge in [-0.2, -0.15) is 39.5 Å². The van der Waals surface area contributed by atoms with Crippen molar-refractivity contribution < 1.29 is 125 Å². The highest BCUT2D eigenvalue weighted by Crippen LogP contribution is 2.58. The van der Waals surface area contributed by atoms with Crippen molar-refractivity contribution in [3.8, 4) is 46.0 Å². The number of alkyl halides is 9. The number of esters is 4. The quantitative estimate of drug-likeness (QED) is 0.00721. The van der Waals surface area contributed by atoms with Crippen molar-refractivity contribution in [2.75, 3.05) is 26.4 Å². The van der Waals surface area contributed by atoms with E-state index in [0.29, 0.717) is 34.1 Å². The van der Waals surface area contributed by atoms with Gasteiger partial charge < -0.3 is 48.5 Å². The van der Waals surface area contributed by atoms with Gasteiger partial charge in [-0.15, -0.1) is 0 Å². The van der Waals surface area contributed by atoms with Crippen LogP contribution in [0.1, 0.15) is 139 Å². The molecule has 0 saturated carbocycles. The molecule has 9 aromatic carbocycles. The van der Waals surface area contributed by atoms with Gasteiger partial charge in [0, 0.05) is 91.1 Å². The third-order valence-corrected chi connectivity index (χ3v) is 19.9. The molecule has 2 aliphatic rings. The number of hydrogen-bond donors (Lipinski definition) is 2. The Kier molecular flexibility index (Phi) is 26.3. The minimum atomic E-state index is -6.18. The van der Waals surface area contributed by atoms with E-state index < -0.39 is 160 Å². The zero-order valence-electron chi connectivity index (χ0n) is 67.1. The number of carbonyl (C=O) groups excluding carboxylic acids is 10. The molecule has 0 bridgehead atoms. The minimum Gasteiger partial charge on any atom is -0.462 e. The van der Waals surface area contributed by atoms with Crippen LogP contribution < -0.4 is 29.6 Å². The molecular weight excluding hydrogens is 1600 g/mol. The van der Waals surface area contributed by atoms with Crippen LogP contribution in [0.5, 0.6) is 46.0 Å². The molecule has 0 fully saturated rings. The first-order valence-corrected chi connectivity index (χ1v) is 38.2. The van der Waals surface area contributed by atoms with E-state index in [-0.39, 0.29) is 157 Å². The van der Waals surface area contributed by atoms with Gasteiger partial charge >= 0.3 is 42.4 Å². The number of imide groups is 2. The van der Waals surface area contributed by atoms with E-state index in [0.717, 1.165) is 17.4 Å². The average Bonchev–Trinajstić information content (AvgIpc) is 0.669. The van der Waals surface area contributed by atoms with Crippen LogP contribution in [0, 0.1) is 11.8 Å². The summed E-state index contributed by atoms with van der Waals surface area (Å²) >= 11 is 0. The Bertz CT molecular complexity index is 5380. The number of hydrogen-bond acceptors (Lipinski definition) is 18. The lowest BCUT2D eigenvalue weighted by Crippen LogP contribution is -2.61. The summed E-state index contributed by atoms with van der Waals surface area (Å²) in [4.78, 5) is 145. The number of nitrogens with zero attached hydrogens (tertiary/aromatic N) is 2. The fraction of sp³-hybridized carbons (Fsp3) is 0.311. The molecule has 11 rings (SSSR count). The predicted molar refractivity (Wildman–Crippen MR) is 427 cm³/mol. The molecule has 0 saturated heterocycles. The van der Waals surface area contributed by atoms with Crippen LogP contribution in [0.25, 0.3) is 43.1 Å². The lowest BCUT2D eigenvalue weighted by atomic mass is 9.80. The summed E-state index contributed by atoms with van der Waals surface area (Å²) in [6, 6.07) is 17.5. The van der Waals surface area contributed by atoms with E-state index in [2.05, 4.69) is 26.3 Å². The maximum atomic E-state index is 16.3. The van der Waals surface area contributed by atoms with Crippen LogP contribution in [-0.4, -0.2) is 138 Å². The second kappa shape index (κ2) is 35.8. The van der Waals surface area contributed by atoms with Crippen LogP contribution in [0.15, 0.2) is 170 Å². The van der Waals surface area contributed by atoms with Crippen molar-refractivity contribution >= 4 is 102 Å². The number of benzene rings is 9. The zero-order valence-corrected chi connectivity index (χ0v) is 67.1. The van der Waals surface area contributed by atoms with Crippen LogP contribution in [-0.2, 0) is 73.4 Å². The summed E-state index contributed by atoms with van der Waals surface area (Å²) in [6.45, 7) is 26.5. The molecular formula is C90H83F9N4O18. The predicted octanol–water partition coefficient (Wildman–Crippen LogP) is 18.3. The van der Waals surface area contributed by atoms with Gasteiger partial charge in [0.15, 0.2) is 0 Å². The molecule has 0 radical (unpaired) electrons. The molecule has 22 nitrogen and oxygen atoms in total. The van der Waals surface area contributed by atoms with E-state index in [1.807, 2.05) is 5.32 Å². The summed E-state index contributed by atoms with van der Waals surface area (Å²) in [6.07, 6.45) is -18.0. The Morgan fingerprint density at radius 2 is 0.579 bits per heavy atom. The first kappa shape index (κ1) is 88.7. The highest BCUT2D eigenvalue weighted by Gasteiger charge is 2.59. The standard InChI is InChI=1S/C90H83F9N4O18/c1-44(2)38-63(77(104)100-50(13)88(91,92)93)102-79(106)59-40-65(118-55-22-14-51(15-23-55)30-34-114-83(110)46(5)6)71-73-67(120-57-26-18-53(19-27-57)32-36-116-85(112)48(9)10)42-61-70-62(82(109)103(81(61)108)64(39-45(3)4)78(105)101-87(89(94,95)96)90(97,98)99)43-68(121-58-28-20-54(21-29-58)33-37-117-86(113)49(11)12)74(76(70)73)72-66(41-60(80(102)107)69(59)75(71)72)119-56-24-16-52(17-25-56)31-35-115-84(111)47(7)8/h14-29,40-45,50,63-64,87H,5,7,9,11,30-39H2,1-4,6,8,10,12-13H3,(H,100,104)(H,101,105). The van der Waals surface area contributed by atoms with E-state index in [1.165, 1.54) is 102 Å². The fourth-order valence-electron chi connectivity index (χ4n) is 13.9. The normalized spacial score (nSPS) is 13.7. The lowest BCUT2D eigenvalue weighted by Gasteiger charge is -2.37. The number of carbonyl (C=O) groups is 10. The number of nitrogens with one attached hydrogen (secondary N) is 2. The molecule has 31 heteroatoms. The molecule has 0 aliphatic carbocycles. The lowest BCUT2D eigenvalue weighted by molar-refractivity contribution is -0.258. The second-order valence-corrected chi connectivity index (χ2v) is 30.4. The molecule has 2 heterocycles. The average molecular weight is 1680 g/mol. The third kappa shape index (κ3) is 19.6. The zero-order chi connectivity index (χ0) is 88.3. The van der Waals surface area contributed by atoms with Gasteiger partial charge in [0.05, 0.1) is 48.7 Å². The molecule has 634 valence electrons. The van der Waals surface area contributed by atoms with Crippen LogP contribution >= 0.6 is 0 Å². The summed E-state index contributed by atoms with van der Waals surface area (Å²) in [5.74, 6) is -14.8.